The van der Waals surface area contributed by atoms with Gasteiger partial charge in [0.1, 0.15) is 0 Å². The van der Waals surface area contributed by atoms with E-state index in [0.29, 0.717) is 6.04 Å². The number of aromatic nitrogens is 2. The SMILES string of the molecule is BrCCN(Cc1ccn(C2CCCC2)n1)C1CCCC1. The molecule has 112 valence electrons. The first kappa shape index (κ1) is 14.6. The molecule has 2 aliphatic rings. The van der Waals surface area contributed by atoms with E-state index in [-0.39, 0.29) is 0 Å². The number of halogens is 1. The van der Waals surface area contributed by atoms with E-state index >= 15 is 0 Å². The maximum absolute atomic E-state index is 4.85. The maximum Gasteiger partial charge on any atom is 0.0765 e. The lowest BCUT2D eigenvalue weighted by molar-refractivity contribution is 0.199. The van der Waals surface area contributed by atoms with Gasteiger partial charge in [0.05, 0.1) is 11.7 Å². The zero-order chi connectivity index (χ0) is 13.8. The molecule has 0 unspecified atom stereocenters. The largest absolute Gasteiger partial charge is 0.294 e. The Morgan fingerprint density at radius 3 is 2.55 bits per heavy atom. The third-order valence-electron chi connectivity index (χ3n) is 4.94. The predicted molar refractivity (Wildman–Crippen MR) is 86.2 cm³/mol. The van der Waals surface area contributed by atoms with Crippen LogP contribution in [0.25, 0.3) is 0 Å². The van der Waals surface area contributed by atoms with Crippen molar-refractivity contribution in [3.63, 3.8) is 0 Å². The van der Waals surface area contributed by atoms with Gasteiger partial charge in [0.15, 0.2) is 0 Å². The third kappa shape index (κ3) is 3.45. The van der Waals surface area contributed by atoms with Crippen molar-refractivity contribution in [3.05, 3.63) is 18.0 Å². The third-order valence-corrected chi connectivity index (χ3v) is 5.29. The highest BCUT2D eigenvalue weighted by molar-refractivity contribution is 9.09. The number of hydrogen-bond donors (Lipinski definition) is 0. The molecule has 1 heterocycles. The van der Waals surface area contributed by atoms with Gasteiger partial charge in [-0.1, -0.05) is 41.6 Å². The Labute approximate surface area is 130 Å². The standard InChI is InChI=1S/C16H26BrN3/c17-10-12-19(15-5-1-2-6-15)13-14-9-11-20(18-14)16-7-3-4-8-16/h9,11,15-16H,1-8,10,12-13H2. The van der Waals surface area contributed by atoms with Gasteiger partial charge in [-0.25, -0.2) is 0 Å². The fourth-order valence-corrected chi connectivity index (χ4v) is 4.27. The molecular formula is C16H26BrN3. The van der Waals surface area contributed by atoms with E-state index in [1.165, 1.54) is 57.1 Å². The summed E-state index contributed by atoms with van der Waals surface area (Å²) < 4.78 is 2.23. The lowest BCUT2D eigenvalue weighted by atomic mass is 10.2. The number of alkyl halides is 1. The highest BCUT2D eigenvalue weighted by Gasteiger charge is 2.23. The summed E-state index contributed by atoms with van der Waals surface area (Å²) in [7, 11) is 0. The number of rotatable bonds is 6. The van der Waals surface area contributed by atoms with E-state index in [1.54, 1.807) is 0 Å². The summed E-state index contributed by atoms with van der Waals surface area (Å²) >= 11 is 3.60. The minimum absolute atomic E-state index is 0.667. The zero-order valence-electron chi connectivity index (χ0n) is 12.3. The van der Waals surface area contributed by atoms with Crippen molar-refractivity contribution in [2.45, 2.75) is 70.0 Å². The Morgan fingerprint density at radius 1 is 1.15 bits per heavy atom. The Kier molecular flexibility index (Phi) is 5.16. The minimum Gasteiger partial charge on any atom is -0.294 e. The van der Waals surface area contributed by atoms with Gasteiger partial charge in [0, 0.05) is 30.7 Å². The van der Waals surface area contributed by atoms with Crippen LogP contribution in [-0.4, -0.2) is 32.6 Å². The van der Waals surface area contributed by atoms with E-state index in [4.69, 9.17) is 5.10 Å². The van der Waals surface area contributed by atoms with E-state index < -0.39 is 0 Å². The molecule has 0 bridgehead atoms. The molecule has 0 aromatic carbocycles. The van der Waals surface area contributed by atoms with Gasteiger partial charge in [-0.05, 0) is 31.7 Å². The van der Waals surface area contributed by atoms with Crippen LogP contribution in [0.15, 0.2) is 12.3 Å². The van der Waals surface area contributed by atoms with Gasteiger partial charge >= 0.3 is 0 Å². The fraction of sp³-hybridized carbons (Fsp3) is 0.812. The number of hydrogen-bond acceptors (Lipinski definition) is 2. The molecule has 0 N–H and O–H groups in total. The highest BCUT2D eigenvalue weighted by atomic mass is 79.9. The average Bonchev–Trinajstić information content (AvgIpc) is 3.20. The summed E-state index contributed by atoms with van der Waals surface area (Å²) in [5.41, 5.74) is 1.25. The van der Waals surface area contributed by atoms with Crippen LogP contribution in [0, 0.1) is 0 Å². The summed E-state index contributed by atoms with van der Waals surface area (Å²) in [4.78, 5) is 2.63. The monoisotopic (exact) mass is 339 g/mol. The Balaban J connectivity index is 1.62. The molecule has 2 aliphatic carbocycles. The summed E-state index contributed by atoms with van der Waals surface area (Å²) in [5, 5.41) is 5.91. The molecule has 3 rings (SSSR count). The van der Waals surface area contributed by atoms with Gasteiger partial charge in [0.25, 0.3) is 0 Å². The van der Waals surface area contributed by atoms with Crippen molar-refractivity contribution in [2.75, 3.05) is 11.9 Å². The summed E-state index contributed by atoms with van der Waals surface area (Å²) in [6.07, 6.45) is 13.1. The first-order valence-corrected chi connectivity index (χ1v) is 9.33. The molecule has 1 aromatic heterocycles. The first-order chi connectivity index (χ1) is 9.86. The van der Waals surface area contributed by atoms with Crippen molar-refractivity contribution < 1.29 is 0 Å². The van der Waals surface area contributed by atoms with Gasteiger partial charge in [0.2, 0.25) is 0 Å². The Hall–Kier alpha value is -0.350. The van der Waals surface area contributed by atoms with Crippen molar-refractivity contribution in [3.8, 4) is 0 Å². The lowest BCUT2D eigenvalue weighted by Crippen LogP contribution is -2.34. The maximum atomic E-state index is 4.85. The topological polar surface area (TPSA) is 21.1 Å². The molecular weight excluding hydrogens is 314 g/mol. The summed E-state index contributed by atoms with van der Waals surface area (Å²) in [6.45, 7) is 2.16. The molecule has 2 saturated carbocycles. The van der Waals surface area contributed by atoms with Crippen LogP contribution in [0.5, 0.6) is 0 Å². The average molecular weight is 340 g/mol. The van der Waals surface area contributed by atoms with Gasteiger partial charge in [-0.3, -0.25) is 9.58 Å². The molecule has 0 saturated heterocycles. The Bertz CT molecular complexity index is 406. The van der Waals surface area contributed by atoms with Gasteiger partial charge in [-0.15, -0.1) is 0 Å². The molecule has 0 radical (unpaired) electrons. The molecule has 1 aromatic rings. The van der Waals surface area contributed by atoms with Crippen LogP contribution in [-0.2, 0) is 6.54 Å². The van der Waals surface area contributed by atoms with E-state index in [2.05, 4.69) is 37.8 Å². The van der Waals surface area contributed by atoms with Crippen LogP contribution in [0.2, 0.25) is 0 Å². The molecule has 4 heteroatoms. The van der Waals surface area contributed by atoms with Gasteiger partial charge in [-0.2, -0.15) is 5.10 Å². The molecule has 20 heavy (non-hydrogen) atoms. The van der Waals surface area contributed by atoms with E-state index in [1.807, 2.05) is 0 Å². The summed E-state index contributed by atoms with van der Waals surface area (Å²) in [6, 6.07) is 3.68. The van der Waals surface area contributed by atoms with Crippen molar-refractivity contribution in [2.24, 2.45) is 0 Å². The summed E-state index contributed by atoms with van der Waals surface area (Å²) in [5.74, 6) is 0. The minimum atomic E-state index is 0.667. The highest BCUT2D eigenvalue weighted by Crippen LogP contribution is 2.29. The van der Waals surface area contributed by atoms with E-state index in [9.17, 15) is 0 Å². The van der Waals surface area contributed by atoms with Crippen LogP contribution < -0.4 is 0 Å². The van der Waals surface area contributed by atoms with Crippen molar-refractivity contribution in [1.82, 2.24) is 14.7 Å². The number of nitrogens with zero attached hydrogens (tertiary/aromatic N) is 3. The van der Waals surface area contributed by atoms with Crippen molar-refractivity contribution in [1.29, 1.82) is 0 Å². The normalized spacial score (nSPS) is 21.3. The second kappa shape index (κ2) is 7.08. The van der Waals surface area contributed by atoms with Gasteiger partial charge < -0.3 is 0 Å². The second-order valence-electron chi connectivity index (χ2n) is 6.32. The Morgan fingerprint density at radius 2 is 1.85 bits per heavy atom. The van der Waals surface area contributed by atoms with Crippen molar-refractivity contribution >= 4 is 15.9 Å². The van der Waals surface area contributed by atoms with E-state index in [0.717, 1.165) is 24.5 Å². The fourth-order valence-electron chi connectivity index (χ4n) is 3.81. The quantitative estimate of drug-likeness (QED) is 0.726. The van der Waals surface area contributed by atoms with Crippen LogP contribution in [0.3, 0.4) is 0 Å². The van der Waals surface area contributed by atoms with Crippen LogP contribution in [0.1, 0.15) is 63.1 Å². The molecule has 0 amide bonds. The van der Waals surface area contributed by atoms with Crippen LogP contribution in [0.4, 0.5) is 0 Å². The second-order valence-corrected chi connectivity index (χ2v) is 7.12. The molecule has 0 spiro atoms. The molecule has 3 nitrogen and oxygen atoms in total. The first-order valence-electron chi connectivity index (χ1n) is 8.21. The molecule has 0 aliphatic heterocycles. The molecule has 0 atom stereocenters. The molecule has 2 fully saturated rings. The zero-order valence-corrected chi connectivity index (χ0v) is 13.9. The smallest absolute Gasteiger partial charge is 0.0765 e. The lowest BCUT2D eigenvalue weighted by Gasteiger charge is -2.27. The van der Waals surface area contributed by atoms with Crippen LogP contribution >= 0.6 is 15.9 Å². The predicted octanol–water partition coefficient (Wildman–Crippen LogP) is 4.14.